The Labute approximate surface area is 587 Å². The van der Waals surface area contributed by atoms with Crippen molar-refractivity contribution in [3.63, 3.8) is 0 Å². The molecule has 6 aliphatic rings. The van der Waals surface area contributed by atoms with E-state index in [9.17, 15) is 0 Å². The van der Waals surface area contributed by atoms with Crippen LogP contribution in [0.5, 0.6) is 0 Å². The molecule has 6 fully saturated rings. The van der Waals surface area contributed by atoms with Gasteiger partial charge in [0.1, 0.15) is 0 Å². The summed E-state index contributed by atoms with van der Waals surface area (Å²) in [5, 5.41) is 0. The molecule has 0 unspecified atom stereocenters. The Balaban J connectivity index is 0.000000250. The zero-order valence-corrected chi connectivity index (χ0v) is 58.7. The van der Waals surface area contributed by atoms with Crippen molar-refractivity contribution in [2.75, 3.05) is 186 Å². The van der Waals surface area contributed by atoms with Crippen LogP contribution in [0.25, 0.3) is 0 Å². The van der Waals surface area contributed by atoms with Gasteiger partial charge in [-0.1, -0.05) is 112 Å². The van der Waals surface area contributed by atoms with Crippen molar-refractivity contribution >= 4 is 54.5 Å². The number of benzene rings is 8. The van der Waals surface area contributed by atoms with Crippen LogP contribution in [0.15, 0.2) is 199 Å². The lowest BCUT2D eigenvalue weighted by Crippen LogP contribution is -2.52. The highest BCUT2D eigenvalue weighted by molar-refractivity contribution is 7.03. The van der Waals surface area contributed by atoms with Gasteiger partial charge in [0.2, 0.25) is 0 Å². The molecule has 2 saturated carbocycles. The van der Waals surface area contributed by atoms with E-state index < -0.39 is 0 Å². The third-order valence-electron chi connectivity index (χ3n) is 20.2. The zero-order chi connectivity index (χ0) is 66.6. The third kappa shape index (κ3) is 16.6. The fraction of sp³-hybridized carbons (Fsp3) is 0.392. The Morgan fingerprint density at radius 1 is 0.245 bits per heavy atom. The van der Waals surface area contributed by atoms with Crippen molar-refractivity contribution < 1.29 is 5.48 Å². The van der Waals surface area contributed by atoms with Gasteiger partial charge in [-0.25, -0.2) is 0 Å². The minimum absolute atomic E-state index is 0. The highest BCUT2D eigenvalue weighted by atomic mass is 31.0. The fourth-order valence-corrected chi connectivity index (χ4v) is 16.5. The molecule has 18 nitrogen and oxygen atoms in total. The molecule has 8 aromatic carbocycles. The van der Waals surface area contributed by atoms with Gasteiger partial charge in [0.15, 0.2) is 0 Å². The summed E-state index contributed by atoms with van der Waals surface area (Å²) in [5.74, 6) is 2.45. The third-order valence-corrected chi connectivity index (χ3v) is 20.2. The number of anilines is 8. The fourth-order valence-electron chi connectivity index (χ4n) is 16.5. The minimum Gasteiger partial charge on any atom is -0.412 e. The van der Waals surface area contributed by atoms with E-state index in [4.69, 9.17) is 22.9 Å². The lowest BCUT2D eigenvalue weighted by molar-refractivity contribution is 0.135. The molecule has 0 aromatic heterocycles. The first kappa shape index (κ1) is 74.1. The molecule has 4 heterocycles. The molecule has 19 heteroatoms. The molecule has 4 saturated heterocycles. The van der Waals surface area contributed by atoms with E-state index >= 15 is 0 Å². The van der Waals surface area contributed by atoms with Crippen molar-refractivity contribution in [1.82, 2.24) is 39.2 Å². The highest BCUT2D eigenvalue weighted by Crippen LogP contribution is 2.68. The molecule has 0 atom stereocenters. The van der Waals surface area contributed by atoms with Gasteiger partial charge >= 0.3 is 0 Å². The maximum Gasteiger partial charge on any atom is 0.0727 e. The van der Waals surface area contributed by atoms with Crippen molar-refractivity contribution in [2.24, 2.45) is 4.74 Å². The standard InChI is InChI=1S/C48H68N12.C28H28N4.CH4NP.2CH4.H2O/c1-49-25-50(2)30-57(29-49)41-17-9-37(10-18-41)45-46(38-11-19-42(20-12-38)58-31-51(3)26-52(4)32-58)48(40-15-23-44(24-16-40)60-35-55(7)28-56(8)36-60)47(45)39-13-21-43(22-14-39)59-33-53(5)27-54(6)34-59;29-21-9-1-17(2-10-21)25-26(18-3-11-22(30)12-4-18)28(20-7-15-24(32)16-8-20)27(25)19-5-13-23(31)14-6-19;1-2-3;;;/h9-24,45-48H,25-36H2,1-8H3;1-16,25-28H,29-32H2;3H,1H3;2*1H4;1H2. The monoisotopic (exact) mass is 1340 g/mol. The molecule has 2 aliphatic carbocycles. The molecule has 522 valence electrons. The second-order valence-electron chi connectivity index (χ2n) is 28.2. The molecule has 4 aliphatic heterocycles. The first-order valence-electron chi connectivity index (χ1n) is 33.4. The number of hydrogen-bond donors (Lipinski definition) is 4. The summed E-state index contributed by atoms with van der Waals surface area (Å²) in [5.41, 5.74) is 43.1. The Morgan fingerprint density at radius 2 is 0.357 bits per heavy atom. The van der Waals surface area contributed by atoms with E-state index in [1.54, 1.807) is 7.05 Å². The first-order valence-corrected chi connectivity index (χ1v) is 33.9. The smallest absolute Gasteiger partial charge is 0.0727 e. The van der Waals surface area contributed by atoms with Crippen molar-refractivity contribution in [3.8, 4) is 0 Å². The number of nitrogens with zero attached hydrogens (tertiary/aromatic N) is 13. The van der Waals surface area contributed by atoms with Gasteiger partial charge in [-0.05, 0) is 254 Å². The summed E-state index contributed by atoms with van der Waals surface area (Å²) in [7, 11) is 22.1. The summed E-state index contributed by atoms with van der Waals surface area (Å²) >= 11 is 0. The maximum atomic E-state index is 6.00. The molecular formula is C79H110N17OP. The molecule has 0 bridgehead atoms. The number of nitrogen functional groups attached to an aromatic ring is 4. The average molecular weight is 1340 g/mol. The number of hydrogen-bond acceptors (Lipinski definition) is 17. The largest absolute Gasteiger partial charge is 0.412 e. The Bertz CT molecular complexity index is 3230. The van der Waals surface area contributed by atoms with Crippen molar-refractivity contribution in [2.45, 2.75) is 62.2 Å². The lowest BCUT2D eigenvalue weighted by Gasteiger charge is -2.54. The summed E-state index contributed by atoms with van der Waals surface area (Å²) < 4.78 is 3.31. The van der Waals surface area contributed by atoms with Crippen LogP contribution in [0.2, 0.25) is 0 Å². The number of rotatable bonds is 12. The van der Waals surface area contributed by atoms with Gasteiger partial charge in [-0.3, -0.25) is 43.9 Å². The van der Waals surface area contributed by atoms with Crippen LogP contribution in [0.1, 0.15) is 107 Å². The molecule has 0 spiro atoms. The summed E-state index contributed by atoms with van der Waals surface area (Å²) in [6, 6.07) is 71.8. The van der Waals surface area contributed by atoms with E-state index in [1.165, 1.54) is 67.3 Å². The van der Waals surface area contributed by atoms with Crippen LogP contribution >= 0.6 is 9.03 Å². The first-order chi connectivity index (χ1) is 45.9. The molecule has 8 aromatic rings. The highest BCUT2D eigenvalue weighted by Gasteiger charge is 2.54. The van der Waals surface area contributed by atoms with Crippen LogP contribution in [-0.4, -0.2) is 188 Å². The molecular weight excluding hydrogens is 1230 g/mol. The average Bonchev–Trinajstić information content (AvgIpc) is 0.718. The van der Waals surface area contributed by atoms with Gasteiger partial charge in [0.05, 0.1) is 80.0 Å². The van der Waals surface area contributed by atoms with Gasteiger partial charge in [-0.15, -0.1) is 0 Å². The van der Waals surface area contributed by atoms with Gasteiger partial charge < -0.3 is 48.0 Å². The van der Waals surface area contributed by atoms with E-state index in [1.807, 2.05) is 48.5 Å². The van der Waals surface area contributed by atoms with Crippen LogP contribution in [0.4, 0.5) is 45.5 Å². The topological polar surface area (TPSA) is 187 Å². The minimum atomic E-state index is 0. The van der Waals surface area contributed by atoms with Crippen LogP contribution in [0.3, 0.4) is 0 Å². The van der Waals surface area contributed by atoms with Crippen LogP contribution in [-0.2, 0) is 0 Å². The van der Waals surface area contributed by atoms with Crippen LogP contribution < -0.4 is 42.5 Å². The Hall–Kier alpha value is -8.10. The predicted molar refractivity (Wildman–Crippen MR) is 415 cm³/mol. The second-order valence-corrected chi connectivity index (χ2v) is 28.6. The van der Waals surface area contributed by atoms with Gasteiger partial charge in [0, 0.05) is 52.5 Å². The summed E-state index contributed by atoms with van der Waals surface area (Å²) in [4.78, 5) is 28.9. The normalized spacial score (nSPS) is 23.6. The Morgan fingerprint density at radius 3 is 0.480 bits per heavy atom. The van der Waals surface area contributed by atoms with E-state index in [2.05, 4.69) is 275 Å². The van der Waals surface area contributed by atoms with Gasteiger partial charge in [0.25, 0.3) is 0 Å². The van der Waals surface area contributed by atoms with Crippen molar-refractivity contribution in [1.29, 1.82) is 0 Å². The van der Waals surface area contributed by atoms with Gasteiger partial charge in [-0.2, -0.15) is 0 Å². The molecule has 98 heavy (non-hydrogen) atoms. The SMILES string of the molecule is C.C.CN1CN(C)CN(c2ccc(C3C(c4ccc(N5CN(C)CN(C)C5)cc4)C(c4ccc(N5CN(C)CN(C)C5)cc4)C3c3ccc(N4CN(C)CN(C)C4)cc3)cc2)C1.CN=P.Nc1ccc(C2C(c3ccc(N)cc3)C(c3ccc(N)cc3)C2c2ccc(N)cc2)cc1.O. The zero-order valence-electron chi connectivity index (χ0n) is 57.7. The summed E-state index contributed by atoms with van der Waals surface area (Å²) in [6.07, 6.45) is 0. The maximum absolute atomic E-state index is 6.00. The van der Waals surface area contributed by atoms with Crippen molar-refractivity contribution in [3.05, 3.63) is 239 Å². The van der Waals surface area contributed by atoms with Crippen LogP contribution in [0, 0.1) is 0 Å². The van der Waals surface area contributed by atoms with E-state index in [0.29, 0.717) is 47.3 Å². The molecule has 14 rings (SSSR count). The second kappa shape index (κ2) is 32.7. The molecule has 0 amide bonds. The lowest BCUT2D eigenvalue weighted by atomic mass is 9.49. The Kier molecular flexibility index (Phi) is 24.7. The molecule has 10 N–H and O–H groups in total. The summed E-state index contributed by atoms with van der Waals surface area (Å²) in [6.45, 7) is 11.4. The van der Waals surface area contributed by atoms with E-state index in [0.717, 1.165) is 103 Å². The molecule has 0 radical (unpaired) electrons. The quantitative estimate of drug-likeness (QED) is 0.0668. The van der Waals surface area contributed by atoms with E-state index in [-0.39, 0.29) is 20.3 Å². The predicted octanol–water partition coefficient (Wildman–Crippen LogP) is 12.2. The number of nitrogens with two attached hydrogens (primary N) is 4.